The van der Waals surface area contributed by atoms with E-state index in [2.05, 4.69) is 43.4 Å². The van der Waals surface area contributed by atoms with Crippen molar-refractivity contribution >= 4 is 11.8 Å². The molecule has 0 heterocycles. The van der Waals surface area contributed by atoms with Crippen LogP contribution in [0.2, 0.25) is 0 Å². The van der Waals surface area contributed by atoms with Crippen molar-refractivity contribution in [3.8, 4) is 0 Å². The quantitative estimate of drug-likeness (QED) is 0.733. The van der Waals surface area contributed by atoms with Gasteiger partial charge in [0.2, 0.25) is 0 Å². The van der Waals surface area contributed by atoms with Gasteiger partial charge in [0.25, 0.3) is 0 Å². The predicted molar refractivity (Wildman–Crippen MR) is 77.5 cm³/mol. The van der Waals surface area contributed by atoms with Crippen LogP contribution < -0.4 is 11.1 Å². The first kappa shape index (κ1) is 14.6. The first-order chi connectivity index (χ1) is 8.22. The van der Waals surface area contributed by atoms with E-state index in [1.54, 1.807) is 0 Å². The SMILES string of the molecule is CCSc1ccc(C(NC)C(C)CCN)cc1. The molecule has 0 aliphatic rings. The van der Waals surface area contributed by atoms with Gasteiger partial charge in [-0.05, 0) is 49.4 Å². The van der Waals surface area contributed by atoms with Crippen LogP contribution in [0.3, 0.4) is 0 Å². The molecule has 0 aromatic heterocycles. The Kier molecular flexibility index (Phi) is 6.63. The van der Waals surface area contributed by atoms with Gasteiger partial charge in [0.05, 0.1) is 0 Å². The Hall–Kier alpha value is -0.510. The fourth-order valence-corrected chi connectivity index (χ4v) is 2.81. The molecule has 3 heteroatoms. The predicted octanol–water partition coefficient (Wildman–Crippen LogP) is 3.04. The zero-order valence-electron chi connectivity index (χ0n) is 11.1. The summed E-state index contributed by atoms with van der Waals surface area (Å²) in [5, 5.41) is 3.39. The van der Waals surface area contributed by atoms with Crippen LogP contribution in [0.15, 0.2) is 29.2 Å². The highest BCUT2D eigenvalue weighted by Gasteiger charge is 2.16. The van der Waals surface area contributed by atoms with Crippen molar-refractivity contribution in [1.29, 1.82) is 0 Å². The molecule has 0 aliphatic heterocycles. The molecule has 0 bridgehead atoms. The fourth-order valence-electron chi connectivity index (χ4n) is 2.15. The van der Waals surface area contributed by atoms with E-state index in [-0.39, 0.29) is 0 Å². The molecular weight excluding hydrogens is 228 g/mol. The molecule has 1 rings (SSSR count). The molecular formula is C14H24N2S. The molecule has 0 aliphatic carbocycles. The summed E-state index contributed by atoms with van der Waals surface area (Å²) in [6.45, 7) is 5.18. The van der Waals surface area contributed by atoms with Gasteiger partial charge in [0, 0.05) is 10.9 Å². The second-order valence-corrected chi connectivity index (χ2v) is 5.66. The smallest absolute Gasteiger partial charge is 0.0343 e. The van der Waals surface area contributed by atoms with Crippen molar-refractivity contribution in [2.24, 2.45) is 11.7 Å². The maximum atomic E-state index is 5.63. The molecule has 2 unspecified atom stereocenters. The van der Waals surface area contributed by atoms with Gasteiger partial charge in [-0.2, -0.15) is 0 Å². The van der Waals surface area contributed by atoms with Gasteiger partial charge in [-0.15, -0.1) is 11.8 Å². The van der Waals surface area contributed by atoms with E-state index >= 15 is 0 Å². The summed E-state index contributed by atoms with van der Waals surface area (Å²) in [7, 11) is 2.02. The summed E-state index contributed by atoms with van der Waals surface area (Å²) in [6, 6.07) is 9.28. The second kappa shape index (κ2) is 7.75. The molecule has 3 N–H and O–H groups in total. The van der Waals surface area contributed by atoms with Crippen LogP contribution in [0.1, 0.15) is 31.9 Å². The normalized spacial score (nSPS) is 14.6. The van der Waals surface area contributed by atoms with Gasteiger partial charge in [-0.3, -0.25) is 0 Å². The monoisotopic (exact) mass is 252 g/mol. The Bertz CT molecular complexity index is 311. The van der Waals surface area contributed by atoms with E-state index in [0.717, 1.165) is 18.7 Å². The zero-order valence-corrected chi connectivity index (χ0v) is 11.9. The molecule has 0 saturated carbocycles. The van der Waals surface area contributed by atoms with E-state index in [1.165, 1.54) is 10.5 Å². The van der Waals surface area contributed by atoms with Crippen molar-refractivity contribution in [2.45, 2.75) is 31.2 Å². The molecule has 17 heavy (non-hydrogen) atoms. The van der Waals surface area contributed by atoms with Crippen molar-refractivity contribution in [1.82, 2.24) is 5.32 Å². The first-order valence-electron chi connectivity index (χ1n) is 6.33. The van der Waals surface area contributed by atoms with Crippen molar-refractivity contribution in [2.75, 3.05) is 19.3 Å². The lowest BCUT2D eigenvalue weighted by atomic mass is 9.92. The Balaban J connectivity index is 2.74. The van der Waals surface area contributed by atoms with Gasteiger partial charge in [-0.1, -0.05) is 26.0 Å². The van der Waals surface area contributed by atoms with E-state index in [1.807, 2.05) is 18.8 Å². The second-order valence-electron chi connectivity index (χ2n) is 4.32. The minimum absolute atomic E-state index is 0.402. The van der Waals surface area contributed by atoms with Crippen LogP contribution in [-0.2, 0) is 0 Å². The van der Waals surface area contributed by atoms with Gasteiger partial charge in [0.15, 0.2) is 0 Å². The highest BCUT2D eigenvalue weighted by Crippen LogP contribution is 2.26. The van der Waals surface area contributed by atoms with Crippen molar-refractivity contribution in [3.05, 3.63) is 29.8 Å². The average Bonchev–Trinajstić information content (AvgIpc) is 2.33. The summed E-state index contributed by atoms with van der Waals surface area (Å²) in [6.07, 6.45) is 1.05. The molecule has 0 fully saturated rings. The third-order valence-electron chi connectivity index (χ3n) is 3.05. The van der Waals surface area contributed by atoms with Crippen LogP contribution in [0.4, 0.5) is 0 Å². The Labute approximate surface area is 109 Å². The van der Waals surface area contributed by atoms with Crippen LogP contribution in [-0.4, -0.2) is 19.3 Å². The summed E-state index contributed by atoms with van der Waals surface area (Å²) in [5.74, 6) is 1.69. The Morgan fingerprint density at radius 3 is 2.41 bits per heavy atom. The molecule has 1 aromatic rings. The Morgan fingerprint density at radius 2 is 1.94 bits per heavy atom. The molecule has 2 atom stereocenters. The molecule has 2 nitrogen and oxygen atoms in total. The number of thioether (sulfide) groups is 1. The van der Waals surface area contributed by atoms with E-state index < -0.39 is 0 Å². The van der Waals surface area contributed by atoms with E-state index in [4.69, 9.17) is 5.73 Å². The molecule has 0 spiro atoms. The standard InChI is InChI=1S/C14H24N2S/c1-4-17-13-7-5-12(6-8-13)14(16-3)11(2)9-10-15/h5-8,11,14,16H,4,9-10,15H2,1-3H3. The van der Waals surface area contributed by atoms with Crippen molar-refractivity contribution < 1.29 is 0 Å². The summed E-state index contributed by atoms with van der Waals surface area (Å²) < 4.78 is 0. The highest BCUT2D eigenvalue weighted by molar-refractivity contribution is 7.99. The molecule has 0 radical (unpaired) electrons. The maximum Gasteiger partial charge on any atom is 0.0343 e. The summed E-state index contributed by atoms with van der Waals surface area (Å²) in [5.41, 5.74) is 6.99. The van der Waals surface area contributed by atoms with Crippen LogP contribution >= 0.6 is 11.8 Å². The molecule has 1 aromatic carbocycles. The maximum absolute atomic E-state index is 5.63. The molecule has 0 saturated heterocycles. The van der Waals surface area contributed by atoms with Gasteiger partial charge < -0.3 is 11.1 Å². The largest absolute Gasteiger partial charge is 0.330 e. The highest BCUT2D eigenvalue weighted by atomic mass is 32.2. The van der Waals surface area contributed by atoms with E-state index in [9.17, 15) is 0 Å². The lowest BCUT2D eigenvalue weighted by molar-refractivity contribution is 0.391. The number of hydrogen-bond donors (Lipinski definition) is 2. The minimum atomic E-state index is 0.402. The lowest BCUT2D eigenvalue weighted by Gasteiger charge is -2.23. The van der Waals surface area contributed by atoms with Crippen LogP contribution in [0, 0.1) is 5.92 Å². The average molecular weight is 252 g/mol. The minimum Gasteiger partial charge on any atom is -0.330 e. The van der Waals surface area contributed by atoms with Gasteiger partial charge >= 0.3 is 0 Å². The van der Waals surface area contributed by atoms with Crippen LogP contribution in [0.5, 0.6) is 0 Å². The third kappa shape index (κ3) is 4.34. The number of rotatable bonds is 7. The van der Waals surface area contributed by atoms with Crippen molar-refractivity contribution in [3.63, 3.8) is 0 Å². The lowest BCUT2D eigenvalue weighted by Crippen LogP contribution is -2.25. The summed E-state index contributed by atoms with van der Waals surface area (Å²) >= 11 is 1.88. The van der Waals surface area contributed by atoms with Crippen LogP contribution in [0.25, 0.3) is 0 Å². The zero-order chi connectivity index (χ0) is 12.7. The molecule has 96 valence electrons. The van der Waals surface area contributed by atoms with E-state index in [0.29, 0.717) is 12.0 Å². The number of nitrogens with two attached hydrogens (primary N) is 1. The summed E-state index contributed by atoms with van der Waals surface area (Å²) in [4.78, 5) is 1.34. The number of hydrogen-bond acceptors (Lipinski definition) is 3. The number of nitrogens with one attached hydrogen (secondary N) is 1. The topological polar surface area (TPSA) is 38.0 Å². The Morgan fingerprint density at radius 1 is 1.29 bits per heavy atom. The first-order valence-corrected chi connectivity index (χ1v) is 7.31. The fraction of sp³-hybridized carbons (Fsp3) is 0.571. The third-order valence-corrected chi connectivity index (χ3v) is 3.95. The van der Waals surface area contributed by atoms with Gasteiger partial charge in [-0.25, -0.2) is 0 Å². The number of benzene rings is 1. The molecule has 0 amide bonds. The van der Waals surface area contributed by atoms with Gasteiger partial charge in [0.1, 0.15) is 0 Å².